The summed E-state index contributed by atoms with van der Waals surface area (Å²) in [6.07, 6.45) is 3.65. The van der Waals surface area contributed by atoms with Gasteiger partial charge in [0.05, 0.1) is 6.04 Å². The number of fused-ring (bicyclic) bond motifs is 2. The molecule has 0 fully saturated rings. The van der Waals surface area contributed by atoms with Crippen molar-refractivity contribution >= 4 is 16.8 Å². The maximum Gasteiger partial charge on any atom is 0.223 e. The Hall–Kier alpha value is -3.60. The molecule has 0 spiro atoms. The van der Waals surface area contributed by atoms with Crippen molar-refractivity contribution in [3.8, 4) is 5.75 Å². The van der Waals surface area contributed by atoms with Gasteiger partial charge < -0.3 is 15.0 Å². The number of nitrogens with one attached hydrogen (secondary N) is 1. The predicted molar refractivity (Wildman–Crippen MR) is 118 cm³/mol. The number of hydrogen-bond donors (Lipinski definition) is 2. The van der Waals surface area contributed by atoms with E-state index < -0.39 is 11.9 Å². The van der Waals surface area contributed by atoms with Crippen molar-refractivity contribution in [2.24, 2.45) is 0 Å². The minimum atomic E-state index is -0.504. The van der Waals surface area contributed by atoms with Gasteiger partial charge in [0.1, 0.15) is 11.6 Å². The average Bonchev–Trinajstić information content (AvgIpc) is 3.21. The van der Waals surface area contributed by atoms with Crippen LogP contribution in [0.15, 0.2) is 72.9 Å². The lowest BCUT2D eigenvalue weighted by Crippen LogP contribution is -2.40. The van der Waals surface area contributed by atoms with Crippen LogP contribution in [0.5, 0.6) is 5.75 Å². The number of hydrogen-bond acceptors (Lipinski definition) is 2. The molecule has 5 heteroatoms. The topological polar surface area (TPSA) is 56.3 Å². The summed E-state index contributed by atoms with van der Waals surface area (Å²) in [5.41, 5.74) is 4.64. The largest absolute Gasteiger partial charge is 0.508 e. The molecule has 0 saturated heterocycles. The highest BCUT2D eigenvalue weighted by Gasteiger charge is 2.33. The number of amides is 1. The van der Waals surface area contributed by atoms with Crippen molar-refractivity contribution in [1.82, 2.24) is 9.88 Å². The lowest BCUT2D eigenvalue weighted by molar-refractivity contribution is -0.133. The summed E-state index contributed by atoms with van der Waals surface area (Å²) in [5.74, 6) is -0.437. The maximum atomic E-state index is 14.1. The Morgan fingerprint density at radius 2 is 1.87 bits per heavy atom. The quantitative estimate of drug-likeness (QED) is 0.487. The van der Waals surface area contributed by atoms with Crippen LogP contribution >= 0.6 is 0 Å². The Balaban J connectivity index is 1.46. The molecule has 0 saturated carbocycles. The van der Waals surface area contributed by atoms with Crippen molar-refractivity contribution in [3.05, 3.63) is 101 Å². The zero-order valence-corrected chi connectivity index (χ0v) is 17.0. The molecule has 1 amide bonds. The van der Waals surface area contributed by atoms with Gasteiger partial charge in [-0.2, -0.15) is 0 Å². The van der Waals surface area contributed by atoms with E-state index in [1.807, 2.05) is 48.7 Å². The number of benzene rings is 3. The number of rotatable bonds is 4. The van der Waals surface area contributed by atoms with Gasteiger partial charge in [-0.05, 0) is 53.8 Å². The molecular formula is C26H23FN2O2. The van der Waals surface area contributed by atoms with Crippen LogP contribution < -0.4 is 0 Å². The first kappa shape index (κ1) is 19.4. The fourth-order valence-electron chi connectivity index (χ4n) is 4.64. The molecule has 0 bridgehead atoms. The second-order valence-corrected chi connectivity index (χ2v) is 8.00. The minimum Gasteiger partial charge on any atom is -0.508 e. The molecule has 1 aromatic heterocycles. The number of aryl methyl sites for hydroxylation is 1. The molecule has 2 heterocycles. The van der Waals surface area contributed by atoms with E-state index in [4.69, 9.17) is 0 Å². The smallest absolute Gasteiger partial charge is 0.223 e. The van der Waals surface area contributed by atoms with Gasteiger partial charge in [0.25, 0.3) is 0 Å². The van der Waals surface area contributed by atoms with E-state index in [1.165, 1.54) is 18.2 Å². The zero-order valence-electron chi connectivity index (χ0n) is 17.0. The first-order valence-electron chi connectivity index (χ1n) is 10.5. The third kappa shape index (κ3) is 3.56. The van der Waals surface area contributed by atoms with Gasteiger partial charge in [-0.25, -0.2) is 4.39 Å². The van der Waals surface area contributed by atoms with E-state index >= 15 is 0 Å². The van der Waals surface area contributed by atoms with Gasteiger partial charge in [-0.1, -0.05) is 42.5 Å². The molecule has 1 atom stereocenters. The highest BCUT2D eigenvalue weighted by molar-refractivity contribution is 5.84. The van der Waals surface area contributed by atoms with E-state index in [9.17, 15) is 14.3 Å². The maximum absolute atomic E-state index is 14.1. The fourth-order valence-corrected chi connectivity index (χ4v) is 4.64. The molecular weight excluding hydrogens is 391 g/mol. The average molecular weight is 414 g/mol. The molecule has 156 valence electrons. The number of carbonyl (C=O) groups is 1. The standard InChI is InChI=1S/C26H23FN2O2/c27-19-10-11-24(30)22(15-19)26-21-7-2-1-5-17(21)13-14-29(26)25(31)12-9-18-16-28-23-8-4-3-6-20(18)23/h1-8,10-11,15-16,26,28,30H,9,12-14H2. The molecule has 4 aromatic rings. The number of para-hydroxylation sites is 1. The van der Waals surface area contributed by atoms with Crippen LogP contribution in [0.25, 0.3) is 10.9 Å². The Morgan fingerprint density at radius 1 is 1.06 bits per heavy atom. The highest BCUT2D eigenvalue weighted by Crippen LogP contribution is 2.39. The normalized spacial score (nSPS) is 15.8. The third-order valence-corrected chi connectivity index (χ3v) is 6.17. The summed E-state index contributed by atoms with van der Waals surface area (Å²) in [4.78, 5) is 18.4. The first-order valence-corrected chi connectivity index (χ1v) is 10.5. The molecule has 4 nitrogen and oxygen atoms in total. The number of H-pyrrole nitrogens is 1. The monoisotopic (exact) mass is 414 g/mol. The second kappa shape index (κ2) is 7.91. The van der Waals surface area contributed by atoms with E-state index in [1.54, 1.807) is 4.90 Å². The van der Waals surface area contributed by atoms with Crippen LogP contribution in [0.4, 0.5) is 4.39 Å². The van der Waals surface area contributed by atoms with Crippen molar-refractivity contribution in [2.75, 3.05) is 6.54 Å². The first-order chi connectivity index (χ1) is 15.1. The molecule has 5 rings (SSSR count). The summed E-state index contributed by atoms with van der Waals surface area (Å²) in [6.45, 7) is 0.532. The number of aromatic nitrogens is 1. The third-order valence-electron chi connectivity index (χ3n) is 6.17. The summed E-state index contributed by atoms with van der Waals surface area (Å²) in [5, 5.41) is 11.6. The number of phenolic OH excluding ortho intramolecular Hbond substituents is 1. The zero-order chi connectivity index (χ0) is 21.4. The molecule has 0 aliphatic carbocycles. The van der Waals surface area contributed by atoms with Crippen LogP contribution in [0.2, 0.25) is 0 Å². The van der Waals surface area contributed by atoms with Crippen molar-refractivity contribution in [2.45, 2.75) is 25.3 Å². The minimum absolute atomic E-state index is 0.00229. The van der Waals surface area contributed by atoms with Crippen LogP contribution in [0.3, 0.4) is 0 Å². The molecule has 1 aliphatic heterocycles. The number of aromatic hydroxyl groups is 1. The molecule has 1 aliphatic rings. The summed E-state index contributed by atoms with van der Waals surface area (Å²) in [6, 6.07) is 19.3. The molecule has 3 aromatic carbocycles. The summed E-state index contributed by atoms with van der Waals surface area (Å²) in [7, 11) is 0. The Morgan fingerprint density at radius 3 is 2.77 bits per heavy atom. The van der Waals surface area contributed by atoms with E-state index in [0.29, 0.717) is 24.9 Å². The highest BCUT2D eigenvalue weighted by atomic mass is 19.1. The van der Waals surface area contributed by atoms with Crippen molar-refractivity contribution in [3.63, 3.8) is 0 Å². The Labute approximate surface area is 180 Å². The van der Waals surface area contributed by atoms with Gasteiger partial charge in [0.15, 0.2) is 0 Å². The van der Waals surface area contributed by atoms with E-state index in [-0.39, 0.29) is 11.7 Å². The van der Waals surface area contributed by atoms with Crippen LogP contribution in [0.1, 0.15) is 34.7 Å². The van der Waals surface area contributed by atoms with Crippen LogP contribution in [-0.2, 0) is 17.6 Å². The van der Waals surface area contributed by atoms with E-state index in [0.717, 1.165) is 34.0 Å². The van der Waals surface area contributed by atoms with Gasteiger partial charge in [-0.3, -0.25) is 4.79 Å². The van der Waals surface area contributed by atoms with Crippen LogP contribution in [-0.4, -0.2) is 27.4 Å². The van der Waals surface area contributed by atoms with Gasteiger partial charge >= 0.3 is 0 Å². The van der Waals surface area contributed by atoms with Gasteiger partial charge in [-0.15, -0.1) is 0 Å². The Bertz CT molecular complexity index is 1260. The molecule has 2 N–H and O–H groups in total. The fraction of sp³-hybridized carbons (Fsp3) is 0.192. The summed E-state index contributed by atoms with van der Waals surface area (Å²) >= 11 is 0. The predicted octanol–water partition coefficient (Wildman–Crippen LogP) is 5.12. The van der Waals surface area contributed by atoms with Gasteiger partial charge in [0.2, 0.25) is 5.91 Å². The van der Waals surface area contributed by atoms with Crippen LogP contribution in [0, 0.1) is 5.82 Å². The molecule has 1 unspecified atom stereocenters. The lowest BCUT2D eigenvalue weighted by Gasteiger charge is -2.38. The SMILES string of the molecule is O=C(CCc1c[nH]c2ccccc12)N1CCc2ccccc2C1c1cc(F)ccc1O. The van der Waals surface area contributed by atoms with E-state index in [2.05, 4.69) is 11.1 Å². The number of nitrogens with zero attached hydrogens (tertiary/aromatic N) is 1. The molecule has 0 radical (unpaired) electrons. The number of carbonyl (C=O) groups excluding carboxylic acids is 1. The summed E-state index contributed by atoms with van der Waals surface area (Å²) < 4.78 is 14.1. The molecule has 31 heavy (non-hydrogen) atoms. The number of halogens is 1. The number of phenols is 1. The number of aromatic amines is 1. The van der Waals surface area contributed by atoms with Crippen molar-refractivity contribution < 1.29 is 14.3 Å². The van der Waals surface area contributed by atoms with Gasteiger partial charge in [0, 0.05) is 35.6 Å². The Kier molecular flexibility index (Phi) is 4.94. The van der Waals surface area contributed by atoms with Crippen molar-refractivity contribution in [1.29, 1.82) is 0 Å². The lowest BCUT2D eigenvalue weighted by atomic mass is 9.87. The second-order valence-electron chi connectivity index (χ2n) is 8.00.